The average Bonchev–Trinajstić information content (AvgIpc) is 2.41. The van der Waals surface area contributed by atoms with E-state index in [1.165, 1.54) is 0 Å². The second-order valence-electron chi connectivity index (χ2n) is 5.25. The van der Waals surface area contributed by atoms with Gasteiger partial charge in [0.15, 0.2) is 5.79 Å². The van der Waals surface area contributed by atoms with E-state index in [2.05, 4.69) is 0 Å². The van der Waals surface area contributed by atoms with Gasteiger partial charge in [0.2, 0.25) is 0 Å². The summed E-state index contributed by atoms with van der Waals surface area (Å²) in [4.78, 5) is 0. The van der Waals surface area contributed by atoms with Gasteiger partial charge < -0.3 is 18.9 Å². The Morgan fingerprint density at radius 3 is 2.37 bits per heavy atom. The van der Waals surface area contributed by atoms with E-state index in [1.807, 2.05) is 38.1 Å². The van der Waals surface area contributed by atoms with Crippen LogP contribution in [0.15, 0.2) is 24.3 Å². The van der Waals surface area contributed by atoms with Crippen LogP contribution >= 0.6 is 0 Å². The van der Waals surface area contributed by atoms with E-state index < -0.39 is 5.79 Å². The Kier molecular flexibility index (Phi) is 4.80. The third-order valence-electron chi connectivity index (χ3n) is 3.11. The first-order chi connectivity index (χ1) is 9.09. The van der Waals surface area contributed by atoms with Gasteiger partial charge in [-0.1, -0.05) is 12.1 Å². The first kappa shape index (κ1) is 14.3. The van der Waals surface area contributed by atoms with Gasteiger partial charge in [-0.3, -0.25) is 0 Å². The molecule has 2 rings (SSSR count). The molecule has 0 bridgehead atoms. The van der Waals surface area contributed by atoms with Crippen LogP contribution in [0, 0.1) is 5.92 Å². The molecule has 1 saturated heterocycles. The first-order valence-corrected chi connectivity index (χ1v) is 6.57. The lowest BCUT2D eigenvalue weighted by Crippen LogP contribution is -2.40. The maximum absolute atomic E-state index is 5.70. The minimum atomic E-state index is -0.452. The zero-order chi connectivity index (χ0) is 13.7. The molecule has 0 aliphatic carbocycles. The summed E-state index contributed by atoms with van der Waals surface area (Å²) in [6.45, 7) is 6.50. The average molecular weight is 266 g/mol. The molecule has 19 heavy (non-hydrogen) atoms. The van der Waals surface area contributed by atoms with Crippen LogP contribution in [-0.2, 0) is 20.8 Å². The summed E-state index contributed by atoms with van der Waals surface area (Å²) >= 11 is 0. The van der Waals surface area contributed by atoms with E-state index in [-0.39, 0.29) is 0 Å². The van der Waals surface area contributed by atoms with Crippen LogP contribution in [0.3, 0.4) is 0 Å². The van der Waals surface area contributed by atoms with Crippen molar-refractivity contribution in [3.8, 4) is 5.75 Å². The van der Waals surface area contributed by atoms with Crippen molar-refractivity contribution in [2.24, 2.45) is 5.92 Å². The van der Waals surface area contributed by atoms with Gasteiger partial charge in [-0.05, 0) is 31.5 Å². The molecule has 4 nitrogen and oxygen atoms in total. The fraction of sp³-hybridized carbons (Fsp3) is 0.600. The lowest BCUT2D eigenvalue weighted by atomic mass is 10.1. The Labute approximate surface area is 114 Å². The summed E-state index contributed by atoms with van der Waals surface area (Å²) in [5.74, 6) is 0.721. The highest BCUT2D eigenvalue weighted by Crippen LogP contribution is 2.21. The Bertz CT molecular complexity index is 376. The maximum Gasteiger partial charge on any atom is 0.162 e. The number of hydrogen-bond acceptors (Lipinski definition) is 4. The van der Waals surface area contributed by atoms with Gasteiger partial charge in [-0.2, -0.15) is 0 Å². The van der Waals surface area contributed by atoms with Crippen LogP contribution in [0.4, 0.5) is 0 Å². The molecule has 0 spiro atoms. The van der Waals surface area contributed by atoms with Crippen molar-refractivity contribution >= 4 is 0 Å². The molecule has 0 aromatic heterocycles. The first-order valence-electron chi connectivity index (χ1n) is 6.57. The monoisotopic (exact) mass is 266 g/mol. The highest BCUT2D eigenvalue weighted by Gasteiger charge is 2.28. The molecule has 0 amide bonds. The highest BCUT2D eigenvalue weighted by atomic mass is 16.7. The van der Waals surface area contributed by atoms with Gasteiger partial charge in [-0.25, -0.2) is 0 Å². The summed E-state index contributed by atoms with van der Waals surface area (Å²) < 4.78 is 22.0. The Morgan fingerprint density at radius 1 is 1.16 bits per heavy atom. The van der Waals surface area contributed by atoms with Crippen LogP contribution in [0.2, 0.25) is 0 Å². The molecule has 0 atom stereocenters. The summed E-state index contributed by atoms with van der Waals surface area (Å²) in [5.41, 5.74) is 1.14. The number of benzene rings is 1. The second-order valence-corrected chi connectivity index (χ2v) is 5.25. The van der Waals surface area contributed by atoms with Crippen LogP contribution in [-0.4, -0.2) is 32.7 Å². The van der Waals surface area contributed by atoms with E-state index >= 15 is 0 Å². The Morgan fingerprint density at radius 2 is 1.79 bits per heavy atom. The predicted octanol–water partition coefficient (Wildman–Crippen LogP) is 2.61. The third kappa shape index (κ3) is 4.49. The second kappa shape index (κ2) is 6.37. The summed E-state index contributed by atoms with van der Waals surface area (Å²) in [5, 5.41) is 0. The number of hydrogen-bond donors (Lipinski definition) is 0. The molecular formula is C15H22O4. The van der Waals surface area contributed by atoms with Crippen molar-refractivity contribution in [1.29, 1.82) is 0 Å². The smallest absolute Gasteiger partial charge is 0.162 e. The molecule has 1 aromatic carbocycles. The zero-order valence-electron chi connectivity index (χ0n) is 11.8. The van der Waals surface area contributed by atoms with E-state index in [1.54, 1.807) is 7.11 Å². The molecule has 1 aliphatic rings. The molecule has 0 N–H and O–H groups in total. The quantitative estimate of drug-likeness (QED) is 0.821. The molecule has 1 fully saturated rings. The summed E-state index contributed by atoms with van der Waals surface area (Å²) in [6.07, 6.45) is 0. The predicted molar refractivity (Wildman–Crippen MR) is 72.1 cm³/mol. The molecule has 4 heteroatoms. The summed E-state index contributed by atoms with van der Waals surface area (Å²) in [6, 6.07) is 7.90. The summed E-state index contributed by atoms with van der Waals surface area (Å²) in [7, 11) is 1.66. The largest absolute Gasteiger partial charge is 0.497 e. The van der Waals surface area contributed by atoms with E-state index in [4.69, 9.17) is 18.9 Å². The fourth-order valence-electron chi connectivity index (χ4n) is 1.89. The van der Waals surface area contributed by atoms with Crippen LogP contribution in [0.1, 0.15) is 19.4 Å². The van der Waals surface area contributed by atoms with Crippen molar-refractivity contribution in [2.45, 2.75) is 26.2 Å². The molecule has 1 aromatic rings. The molecule has 0 radical (unpaired) electrons. The molecule has 106 valence electrons. The van der Waals surface area contributed by atoms with Gasteiger partial charge in [0.1, 0.15) is 5.75 Å². The van der Waals surface area contributed by atoms with Gasteiger partial charge in [-0.15, -0.1) is 0 Å². The normalized spacial score (nSPS) is 19.3. The Balaban J connectivity index is 1.69. The lowest BCUT2D eigenvalue weighted by Gasteiger charge is -2.34. The number of ether oxygens (including phenoxy) is 4. The van der Waals surface area contributed by atoms with E-state index in [0.29, 0.717) is 32.3 Å². The van der Waals surface area contributed by atoms with Crippen molar-refractivity contribution < 1.29 is 18.9 Å². The van der Waals surface area contributed by atoms with Gasteiger partial charge in [0.25, 0.3) is 0 Å². The minimum Gasteiger partial charge on any atom is -0.497 e. The van der Waals surface area contributed by atoms with Crippen LogP contribution in [0.25, 0.3) is 0 Å². The van der Waals surface area contributed by atoms with Crippen molar-refractivity contribution in [2.75, 3.05) is 26.9 Å². The van der Waals surface area contributed by atoms with Gasteiger partial charge >= 0.3 is 0 Å². The van der Waals surface area contributed by atoms with E-state index in [0.717, 1.165) is 11.3 Å². The van der Waals surface area contributed by atoms with Crippen molar-refractivity contribution in [1.82, 2.24) is 0 Å². The fourth-order valence-corrected chi connectivity index (χ4v) is 1.89. The molecule has 1 heterocycles. The SMILES string of the molecule is COc1ccc(COCC2COC(C)(C)OC2)cc1. The van der Waals surface area contributed by atoms with Crippen molar-refractivity contribution in [3.05, 3.63) is 29.8 Å². The molecular weight excluding hydrogens is 244 g/mol. The van der Waals surface area contributed by atoms with Crippen LogP contribution < -0.4 is 4.74 Å². The third-order valence-corrected chi connectivity index (χ3v) is 3.11. The lowest BCUT2D eigenvalue weighted by molar-refractivity contribution is -0.266. The Hall–Kier alpha value is -1.10. The van der Waals surface area contributed by atoms with E-state index in [9.17, 15) is 0 Å². The zero-order valence-corrected chi connectivity index (χ0v) is 11.8. The number of rotatable bonds is 5. The molecule has 1 aliphatic heterocycles. The minimum absolute atomic E-state index is 0.311. The standard InChI is InChI=1S/C15H22O4/c1-15(2)18-10-13(11-19-15)9-17-8-12-4-6-14(16-3)7-5-12/h4-7,13H,8-11H2,1-3H3. The molecule has 0 unspecified atom stereocenters. The van der Waals surface area contributed by atoms with Crippen LogP contribution in [0.5, 0.6) is 5.75 Å². The number of methoxy groups -OCH3 is 1. The molecule has 0 saturated carbocycles. The van der Waals surface area contributed by atoms with Gasteiger partial charge in [0.05, 0.1) is 33.5 Å². The highest BCUT2D eigenvalue weighted by molar-refractivity contribution is 5.26. The van der Waals surface area contributed by atoms with Gasteiger partial charge in [0, 0.05) is 5.92 Å². The van der Waals surface area contributed by atoms with Crippen molar-refractivity contribution in [3.63, 3.8) is 0 Å². The topological polar surface area (TPSA) is 36.9 Å². The maximum atomic E-state index is 5.70.